The summed E-state index contributed by atoms with van der Waals surface area (Å²) in [5, 5.41) is 0.407. The van der Waals surface area contributed by atoms with Gasteiger partial charge >= 0.3 is 11.9 Å². The lowest BCUT2D eigenvalue weighted by Crippen LogP contribution is -2.15. The first kappa shape index (κ1) is 12.5. The van der Waals surface area contributed by atoms with Gasteiger partial charge in [-0.2, -0.15) is 0 Å². The van der Waals surface area contributed by atoms with Crippen LogP contribution in [0.5, 0.6) is 0 Å². The fourth-order valence-corrected chi connectivity index (χ4v) is 1.03. The van der Waals surface area contributed by atoms with Gasteiger partial charge in [-0.05, 0) is 18.2 Å². The largest absolute Gasteiger partial charge is 0.386 e. The van der Waals surface area contributed by atoms with Gasteiger partial charge in [0.25, 0.3) is 0 Å². The molecule has 0 spiro atoms. The SMILES string of the molecule is CC(C)C(=O)OOC(=O)c1cccc(Cl)c1. The minimum Gasteiger partial charge on any atom is -0.247 e. The Balaban J connectivity index is 2.57. The molecule has 0 unspecified atom stereocenters. The Morgan fingerprint density at radius 3 is 2.50 bits per heavy atom. The van der Waals surface area contributed by atoms with Crippen molar-refractivity contribution in [3.8, 4) is 0 Å². The second-order valence-electron chi connectivity index (χ2n) is 3.44. The van der Waals surface area contributed by atoms with Gasteiger partial charge in [0.15, 0.2) is 0 Å². The Hall–Kier alpha value is -1.55. The van der Waals surface area contributed by atoms with Crippen molar-refractivity contribution in [1.82, 2.24) is 0 Å². The first-order chi connectivity index (χ1) is 7.50. The van der Waals surface area contributed by atoms with Crippen molar-refractivity contribution < 1.29 is 19.4 Å². The predicted octanol–water partition coefficient (Wildman–Crippen LogP) is 2.61. The van der Waals surface area contributed by atoms with E-state index in [0.717, 1.165) is 0 Å². The highest BCUT2D eigenvalue weighted by molar-refractivity contribution is 6.30. The second kappa shape index (κ2) is 5.51. The summed E-state index contributed by atoms with van der Waals surface area (Å²) >= 11 is 5.69. The lowest BCUT2D eigenvalue weighted by Gasteiger charge is -2.04. The zero-order chi connectivity index (χ0) is 12.1. The van der Waals surface area contributed by atoms with Gasteiger partial charge in [-0.1, -0.05) is 31.5 Å². The number of carbonyl (C=O) groups excluding carboxylic acids is 2. The molecule has 4 nitrogen and oxygen atoms in total. The Kier molecular flexibility index (Phi) is 4.31. The minimum absolute atomic E-state index is 0.226. The smallest absolute Gasteiger partial charge is 0.247 e. The van der Waals surface area contributed by atoms with E-state index in [4.69, 9.17) is 11.6 Å². The number of rotatable bonds is 2. The number of benzene rings is 1. The first-order valence-electron chi connectivity index (χ1n) is 4.69. The monoisotopic (exact) mass is 242 g/mol. The normalized spacial score (nSPS) is 10.0. The van der Waals surface area contributed by atoms with Crippen molar-refractivity contribution >= 4 is 23.5 Å². The van der Waals surface area contributed by atoms with Crippen LogP contribution in [-0.4, -0.2) is 11.9 Å². The molecule has 0 heterocycles. The van der Waals surface area contributed by atoms with E-state index in [1.807, 2.05) is 0 Å². The molecule has 0 aliphatic heterocycles. The van der Waals surface area contributed by atoms with E-state index in [1.165, 1.54) is 12.1 Å². The van der Waals surface area contributed by atoms with Crippen LogP contribution in [0.15, 0.2) is 24.3 Å². The summed E-state index contributed by atoms with van der Waals surface area (Å²) in [6.45, 7) is 3.27. The number of hydrogen-bond donors (Lipinski definition) is 0. The van der Waals surface area contributed by atoms with Crippen LogP contribution in [-0.2, 0) is 14.6 Å². The maximum absolute atomic E-state index is 11.4. The molecule has 0 bridgehead atoms. The molecule has 0 saturated heterocycles. The average molecular weight is 243 g/mol. The molecular formula is C11H11ClO4. The summed E-state index contributed by atoms with van der Waals surface area (Å²) in [5.74, 6) is -1.71. The van der Waals surface area contributed by atoms with E-state index in [9.17, 15) is 9.59 Å². The Bertz CT molecular complexity index is 401. The van der Waals surface area contributed by atoms with Crippen molar-refractivity contribution in [3.63, 3.8) is 0 Å². The van der Waals surface area contributed by atoms with Crippen LogP contribution in [0.1, 0.15) is 24.2 Å². The molecule has 0 radical (unpaired) electrons. The Morgan fingerprint density at radius 1 is 1.25 bits per heavy atom. The van der Waals surface area contributed by atoms with E-state index in [2.05, 4.69) is 9.78 Å². The minimum atomic E-state index is -0.753. The van der Waals surface area contributed by atoms with Crippen LogP contribution in [0.2, 0.25) is 5.02 Å². The van der Waals surface area contributed by atoms with Gasteiger partial charge in [0.05, 0.1) is 11.5 Å². The molecular weight excluding hydrogens is 232 g/mol. The van der Waals surface area contributed by atoms with Gasteiger partial charge in [-0.25, -0.2) is 19.4 Å². The molecule has 16 heavy (non-hydrogen) atoms. The highest BCUT2D eigenvalue weighted by atomic mass is 35.5. The standard InChI is InChI=1S/C11H11ClO4/c1-7(2)10(13)15-16-11(14)8-4-3-5-9(12)6-8/h3-7H,1-2H3. The first-order valence-corrected chi connectivity index (χ1v) is 5.06. The topological polar surface area (TPSA) is 52.6 Å². The molecule has 0 atom stereocenters. The van der Waals surface area contributed by atoms with E-state index < -0.39 is 11.9 Å². The van der Waals surface area contributed by atoms with Crippen LogP contribution >= 0.6 is 11.6 Å². The van der Waals surface area contributed by atoms with E-state index in [-0.39, 0.29) is 11.5 Å². The highest BCUT2D eigenvalue weighted by Crippen LogP contribution is 2.11. The summed E-state index contributed by atoms with van der Waals surface area (Å²) in [6, 6.07) is 6.16. The van der Waals surface area contributed by atoms with Gasteiger partial charge in [-0.3, -0.25) is 0 Å². The van der Waals surface area contributed by atoms with Crippen molar-refractivity contribution in [2.24, 2.45) is 5.92 Å². The molecule has 1 aromatic rings. The van der Waals surface area contributed by atoms with Gasteiger partial charge in [0, 0.05) is 5.02 Å². The molecule has 0 fully saturated rings. The maximum Gasteiger partial charge on any atom is 0.386 e. The number of carbonyl (C=O) groups is 2. The zero-order valence-corrected chi connectivity index (χ0v) is 9.65. The molecule has 0 aliphatic carbocycles. The van der Waals surface area contributed by atoms with Crippen molar-refractivity contribution in [2.45, 2.75) is 13.8 Å². The lowest BCUT2D eigenvalue weighted by atomic mass is 10.2. The molecule has 0 aromatic heterocycles. The van der Waals surface area contributed by atoms with Crippen molar-refractivity contribution in [3.05, 3.63) is 34.9 Å². The van der Waals surface area contributed by atoms with E-state index in [1.54, 1.807) is 26.0 Å². The Labute approximate surface area is 98.0 Å². The summed E-state index contributed by atoms with van der Waals surface area (Å²) in [7, 11) is 0. The van der Waals surface area contributed by atoms with Gasteiger partial charge in [0.1, 0.15) is 0 Å². The van der Waals surface area contributed by atoms with Crippen LogP contribution in [0, 0.1) is 5.92 Å². The lowest BCUT2D eigenvalue weighted by molar-refractivity contribution is -0.237. The van der Waals surface area contributed by atoms with Crippen LogP contribution in [0.25, 0.3) is 0 Å². The predicted molar refractivity (Wildman–Crippen MR) is 57.8 cm³/mol. The zero-order valence-electron chi connectivity index (χ0n) is 8.90. The van der Waals surface area contributed by atoms with Crippen molar-refractivity contribution in [2.75, 3.05) is 0 Å². The Morgan fingerprint density at radius 2 is 1.94 bits per heavy atom. The van der Waals surface area contributed by atoms with Crippen LogP contribution in [0.4, 0.5) is 0 Å². The van der Waals surface area contributed by atoms with Gasteiger partial charge < -0.3 is 0 Å². The molecule has 1 rings (SSSR count). The summed E-state index contributed by atoms with van der Waals surface area (Å²) in [4.78, 5) is 31.1. The van der Waals surface area contributed by atoms with E-state index in [0.29, 0.717) is 5.02 Å². The molecule has 0 N–H and O–H groups in total. The van der Waals surface area contributed by atoms with Gasteiger partial charge in [0.2, 0.25) is 0 Å². The fourth-order valence-electron chi connectivity index (χ4n) is 0.839. The third-order valence-corrected chi connectivity index (χ3v) is 1.97. The molecule has 0 amide bonds. The number of hydrogen-bond acceptors (Lipinski definition) is 4. The summed E-state index contributed by atoms with van der Waals surface area (Å²) in [6.07, 6.45) is 0. The third-order valence-electron chi connectivity index (χ3n) is 1.73. The van der Waals surface area contributed by atoms with Crippen LogP contribution in [0.3, 0.4) is 0 Å². The fraction of sp³-hybridized carbons (Fsp3) is 0.273. The molecule has 5 heteroatoms. The second-order valence-corrected chi connectivity index (χ2v) is 3.87. The van der Waals surface area contributed by atoms with Crippen LogP contribution < -0.4 is 0 Å². The molecule has 0 aliphatic rings. The quantitative estimate of drug-likeness (QED) is 0.591. The maximum atomic E-state index is 11.4. The molecule has 0 saturated carbocycles. The molecule has 1 aromatic carbocycles. The average Bonchev–Trinajstić information content (AvgIpc) is 2.25. The molecule has 86 valence electrons. The highest BCUT2D eigenvalue weighted by Gasteiger charge is 2.14. The summed E-state index contributed by atoms with van der Waals surface area (Å²) < 4.78 is 0. The third kappa shape index (κ3) is 3.55. The van der Waals surface area contributed by atoms with E-state index >= 15 is 0 Å². The van der Waals surface area contributed by atoms with Gasteiger partial charge in [-0.15, -0.1) is 0 Å². The number of halogens is 1. The summed E-state index contributed by atoms with van der Waals surface area (Å²) in [5.41, 5.74) is 0.226. The van der Waals surface area contributed by atoms with Crippen molar-refractivity contribution in [1.29, 1.82) is 0 Å².